The minimum absolute atomic E-state index is 0.112. The van der Waals surface area contributed by atoms with Gasteiger partial charge in [0.2, 0.25) is 0 Å². The van der Waals surface area contributed by atoms with Gasteiger partial charge in [-0.2, -0.15) is 0 Å². The molecule has 1 aromatic carbocycles. The maximum Gasteiger partial charge on any atom is 0.155 e. The Morgan fingerprint density at radius 3 is 2.31 bits per heavy atom. The normalized spacial score (nSPS) is 11.5. The van der Waals surface area contributed by atoms with E-state index in [-0.39, 0.29) is 11.5 Å². The summed E-state index contributed by atoms with van der Waals surface area (Å²) in [4.78, 5) is 10.7. The van der Waals surface area contributed by atoms with E-state index >= 15 is 0 Å². The summed E-state index contributed by atoms with van der Waals surface area (Å²) >= 11 is 0. The van der Waals surface area contributed by atoms with E-state index in [0.29, 0.717) is 6.42 Å². The Kier molecular flexibility index (Phi) is 4.77. The van der Waals surface area contributed by atoms with E-state index in [4.69, 9.17) is 0 Å². The maximum absolute atomic E-state index is 10.7. The van der Waals surface area contributed by atoms with Crippen LogP contribution in [0.3, 0.4) is 0 Å². The van der Waals surface area contributed by atoms with E-state index in [1.54, 1.807) is 0 Å². The number of hydrogen-bond donors (Lipinski definition) is 1. The number of carbonyl (C=O) groups excluding carboxylic acids is 1. The number of aliphatic hydroxyl groups is 1. The average Bonchev–Trinajstić information content (AvgIpc) is 2.26. The zero-order chi connectivity index (χ0) is 12.0. The first-order valence-corrected chi connectivity index (χ1v) is 5.59. The molecule has 2 heteroatoms. The molecule has 0 spiro atoms. The Balaban J connectivity index is 2.51. The van der Waals surface area contributed by atoms with Gasteiger partial charge in [0.05, 0.1) is 5.76 Å². The third kappa shape index (κ3) is 4.30. The molecule has 0 saturated carbocycles. The molecule has 0 saturated heterocycles. The fraction of sp³-hybridized carbons (Fsp3) is 0.357. The predicted molar refractivity (Wildman–Crippen MR) is 65.5 cm³/mol. The van der Waals surface area contributed by atoms with Gasteiger partial charge in [-0.3, -0.25) is 4.79 Å². The number of hydrogen-bond acceptors (Lipinski definition) is 2. The molecule has 0 aliphatic carbocycles. The molecule has 1 rings (SSSR count). The molecule has 0 atom stereocenters. The largest absolute Gasteiger partial charge is 0.512 e. The van der Waals surface area contributed by atoms with E-state index in [0.717, 1.165) is 12.8 Å². The minimum Gasteiger partial charge on any atom is -0.512 e. The van der Waals surface area contributed by atoms with Crippen molar-refractivity contribution >= 4 is 5.78 Å². The Morgan fingerprint density at radius 2 is 1.81 bits per heavy atom. The van der Waals surface area contributed by atoms with Crippen LogP contribution >= 0.6 is 0 Å². The van der Waals surface area contributed by atoms with Crippen molar-refractivity contribution in [3.05, 3.63) is 47.2 Å². The van der Waals surface area contributed by atoms with Crippen molar-refractivity contribution in [2.75, 3.05) is 0 Å². The van der Waals surface area contributed by atoms with Crippen LogP contribution in [0.5, 0.6) is 0 Å². The molecule has 0 amide bonds. The van der Waals surface area contributed by atoms with Gasteiger partial charge in [-0.15, -0.1) is 0 Å². The van der Waals surface area contributed by atoms with Gasteiger partial charge in [-0.05, 0) is 30.9 Å². The highest BCUT2D eigenvalue weighted by Crippen LogP contribution is 2.09. The fourth-order valence-corrected chi connectivity index (χ4v) is 1.52. The van der Waals surface area contributed by atoms with Crippen LogP contribution in [0.2, 0.25) is 0 Å². The van der Waals surface area contributed by atoms with Gasteiger partial charge in [0.1, 0.15) is 0 Å². The van der Waals surface area contributed by atoms with Gasteiger partial charge in [-0.1, -0.05) is 31.2 Å². The lowest BCUT2D eigenvalue weighted by Gasteiger charge is -2.02. The first-order valence-electron chi connectivity index (χ1n) is 5.59. The van der Waals surface area contributed by atoms with Gasteiger partial charge in [0.25, 0.3) is 0 Å². The van der Waals surface area contributed by atoms with Crippen LogP contribution in [0.4, 0.5) is 0 Å². The lowest BCUT2D eigenvalue weighted by molar-refractivity contribution is -0.112. The van der Waals surface area contributed by atoms with Gasteiger partial charge in [-0.25, -0.2) is 0 Å². The fourth-order valence-electron chi connectivity index (χ4n) is 1.52. The number of rotatable bonds is 5. The standard InChI is InChI=1S/C14H18O2/c1-3-12-4-6-13(7-5-12)8-9-14(16)10-11(2)15/h4-7,10,16H,3,8-9H2,1-2H3. The van der Waals surface area contributed by atoms with Gasteiger partial charge >= 0.3 is 0 Å². The van der Waals surface area contributed by atoms with E-state index in [1.807, 2.05) is 0 Å². The lowest BCUT2D eigenvalue weighted by Crippen LogP contribution is -1.92. The molecule has 0 unspecified atom stereocenters. The summed E-state index contributed by atoms with van der Waals surface area (Å²) in [5, 5.41) is 9.42. The Morgan fingerprint density at radius 1 is 1.25 bits per heavy atom. The summed E-state index contributed by atoms with van der Waals surface area (Å²) in [6.45, 7) is 3.56. The van der Waals surface area contributed by atoms with Gasteiger partial charge < -0.3 is 5.11 Å². The van der Waals surface area contributed by atoms with E-state index in [2.05, 4.69) is 31.2 Å². The third-order valence-corrected chi connectivity index (χ3v) is 2.47. The number of ketones is 1. The van der Waals surface area contributed by atoms with Crippen molar-refractivity contribution in [2.45, 2.75) is 33.1 Å². The summed E-state index contributed by atoms with van der Waals surface area (Å²) in [5.41, 5.74) is 2.49. The minimum atomic E-state index is -0.112. The number of carbonyl (C=O) groups is 1. The molecule has 1 aromatic rings. The van der Waals surface area contributed by atoms with Crippen LogP contribution in [0.1, 0.15) is 31.4 Å². The highest BCUT2D eigenvalue weighted by molar-refractivity contribution is 5.87. The SMILES string of the molecule is CCc1ccc(CCC(O)=CC(C)=O)cc1. The van der Waals surface area contributed by atoms with Crippen molar-refractivity contribution in [3.63, 3.8) is 0 Å². The van der Waals surface area contributed by atoms with Crippen LogP contribution in [0, 0.1) is 0 Å². The first-order chi connectivity index (χ1) is 7.61. The van der Waals surface area contributed by atoms with Crippen LogP contribution in [0.25, 0.3) is 0 Å². The molecule has 0 fully saturated rings. The average molecular weight is 218 g/mol. The third-order valence-electron chi connectivity index (χ3n) is 2.47. The highest BCUT2D eigenvalue weighted by Gasteiger charge is 1.98. The predicted octanol–water partition coefficient (Wildman–Crippen LogP) is 3.21. The van der Waals surface area contributed by atoms with Crippen molar-refractivity contribution in [2.24, 2.45) is 0 Å². The van der Waals surface area contributed by atoms with E-state index in [1.165, 1.54) is 24.1 Å². The lowest BCUT2D eigenvalue weighted by atomic mass is 10.1. The second-order valence-corrected chi connectivity index (χ2v) is 3.92. The molecule has 86 valence electrons. The quantitative estimate of drug-likeness (QED) is 0.608. The molecular weight excluding hydrogens is 200 g/mol. The maximum atomic E-state index is 10.7. The second kappa shape index (κ2) is 6.11. The van der Waals surface area contributed by atoms with Crippen molar-refractivity contribution in [3.8, 4) is 0 Å². The highest BCUT2D eigenvalue weighted by atomic mass is 16.3. The summed E-state index contributed by atoms with van der Waals surface area (Å²) in [5.74, 6) is 0.0471. The molecule has 0 bridgehead atoms. The zero-order valence-electron chi connectivity index (χ0n) is 9.86. The second-order valence-electron chi connectivity index (χ2n) is 3.92. The van der Waals surface area contributed by atoms with Crippen LogP contribution in [0.15, 0.2) is 36.1 Å². The topological polar surface area (TPSA) is 37.3 Å². The van der Waals surface area contributed by atoms with Crippen LogP contribution in [-0.4, -0.2) is 10.9 Å². The number of aryl methyl sites for hydroxylation is 2. The molecule has 2 nitrogen and oxygen atoms in total. The van der Waals surface area contributed by atoms with Crippen molar-refractivity contribution < 1.29 is 9.90 Å². The van der Waals surface area contributed by atoms with Crippen LogP contribution < -0.4 is 0 Å². The molecule has 16 heavy (non-hydrogen) atoms. The van der Waals surface area contributed by atoms with Crippen molar-refractivity contribution in [1.29, 1.82) is 0 Å². The first kappa shape index (κ1) is 12.5. The zero-order valence-corrected chi connectivity index (χ0v) is 9.86. The Bertz CT molecular complexity index is 374. The summed E-state index contributed by atoms with van der Waals surface area (Å²) in [7, 11) is 0. The summed E-state index contributed by atoms with van der Waals surface area (Å²) in [6, 6.07) is 8.34. The van der Waals surface area contributed by atoms with Gasteiger partial charge in [0, 0.05) is 12.5 Å². The summed E-state index contributed by atoms with van der Waals surface area (Å²) in [6.07, 6.45) is 3.60. The monoisotopic (exact) mass is 218 g/mol. The molecule has 1 N–H and O–H groups in total. The van der Waals surface area contributed by atoms with E-state index < -0.39 is 0 Å². The molecule has 0 heterocycles. The Labute approximate surface area is 96.6 Å². The smallest absolute Gasteiger partial charge is 0.155 e. The van der Waals surface area contributed by atoms with E-state index in [9.17, 15) is 9.90 Å². The Hall–Kier alpha value is -1.57. The van der Waals surface area contributed by atoms with Crippen LogP contribution in [-0.2, 0) is 17.6 Å². The van der Waals surface area contributed by atoms with Gasteiger partial charge in [0.15, 0.2) is 5.78 Å². The molecule has 0 aromatic heterocycles. The molecular formula is C14H18O2. The molecule has 0 radical (unpaired) electrons. The molecule has 0 aliphatic heterocycles. The number of benzene rings is 1. The summed E-state index contributed by atoms with van der Waals surface area (Å²) < 4.78 is 0. The van der Waals surface area contributed by atoms with Crippen molar-refractivity contribution in [1.82, 2.24) is 0 Å². The number of aliphatic hydroxyl groups excluding tert-OH is 1. The number of allylic oxidation sites excluding steroid dienone is 2. The molecule has 0 aliphatic rings.